The summed E-state index contributed by atoms with van der Waals surface area (Å²) in [5, 5.41) is 14.0. The Kier molecular flexibility index (Phi) is 9.04. The van der Waals surface area contributed by atoms with Gasteiger partial charge in [0.05, 0.1) is 31.8 Å². The number of morpholine rings is 2. The van der Waals surface area contributed by atoms with Crippen molar-refractivity contribution in [2.24, 2.45) is 0 Å². The van der Waals surface area contributed by atoms with E-state index in [9.17, 15) is 4.79 Å². The van der Waals surface area contributed by atoms with Crippen LogP contribution in [0.15, 0.2) is 60.7 Å². The fourth-order valence-electron chi connectivity index (χ4n) is 5.61. The van der Waals surface area contributed by atoms with E-state index < -0.39 is 0 Å². The Balaban J connectivity index is 1.19. The van der Waals surface area contributed by atoms with E-state index in [0.717, 1.165) is 85.6 Å². The molecule has 4 aromatic rings. The van der Waals surface area contributed by atoms with Gasteiger partial charge in [-0.2, -0.15) is 5.10 Å². The van der Waals surface area contributed by atoms with Crippen molar-refractivity contribution in [3.05, 3.63) is 66.2 Å². The molecule has 1 unspecified atom stereocenters. The molecular formula is C32H39N7O4. The van der Waals surface area contributed by atoms with E-state index in [1.807, 2.05) is 60.7 Å². The van der Waals surface area contributed by atoms with E-state index in [4.69, 9.17) is 19.9 Å². The third kappa shape index (κ3) is 6.91. The average Bonchev–Trinajstić information content (AvgIpc) is 3.44. The summed E-state index contributed by atoms with van der Waals surface area (Å²) in [5.41, 5.74) is 11.6. The fraction of sp³-hybridized carbons (Fsp3) is 0.375. The molecule has 3 aromatic carbocycles. The fourth-order valence-corrected chi connectivity index (χ4v) is 5.61. The highest BCUT2D eigenvalue weighted by molar-refractivity contribution is 6.04. The number of carbonyl (C=O) groups excluding carboxylic acids is 1. The van der Waals surface area contributed by atoms with E-state index in [1.165, 1.54) is 0 Å². The van der Waals surface area contributed by atoms with Gasteiger partial charge in [-0.1, -0.05) is 31.2 Å². The van der Waals surface area contributed by atoms with Crippen LogP contribution in [0.1, 0.15) is 12.5 Å². The van der Waals surface area contributed by atoms with Gasteiger partial charge in [0.25, 0.3) is 0 Å². The number of nitrogens with one attached hydrogen (secondary N) is 3. The Bertz CT molecular complexity index is 1530. The number of nitrogens with two attached hydrogens (primary N) is 1. The van der Waals surface area contributed by atoms with Crippen LogP contribution < -0.4 is 21.1 Å². The molecule has 0 bridgehead atoms. The number of ether oxygens (including phenoxy) is 3. The molecule has 2 saturated heterocycles. The van der Waals surface area contributed by atoms with Crippen molar-refractivity contribution in [3.63, 3.8) is 0 Å². The van der Waals surface area contributed by atoms with E-state index >= 15 is 0 Å². The van der Waals surface area contributed by atoms with Gasteiger partial charge >= 0.3 is 6.03 Å². The Morgan fingerprint density at radius 3 is 2.44 bits per heavy atom. The quantitative estimate of drug-likeness (QED) is 0.228. The maximum absolute atomic E-state index is 12.6. The first-order valence-electron chi connectivity index (χ1n) is 14.9. The second-order valence-electron chi connectivity index (χ2n) is 10.8. The molecule has 2 fully saturated rings. The zero-order valence-corrected chi connectivity index (χ0v) is 24.5. The number of aryl methyl sites for hydroxylation is 1. The van der Waals surface area contributed by atoms with Crippen LogP contribution in [0.4, 0.5) is 22.0 Å². The van der Waals surface area contributed by atoms with Crippen molar-refractivity contribution in [1.82, 2.24) is 20.0 Å². The number of fused-ring (bicyclic) bond motifs is 1. The molecule has 226 valence electrons. The number of urea groups is 1. The number of nitrogen functional groups attached to an aromatic ring is 1. The summed E-state index contributed by atoms with van der Waals surface area (Å²) >= 11 is 0. The molecule has 2 amide bonds. The summed E-state index contributed by atoms with van der Waals surface area (Å²) in [4.78, 5) is 17.3. The minimum absolute atomic E-state index is 0.151. The molecule has 1 aromatic heterocycles. The van der Waals surface area contributed by atoms with Gasteiger partial charge in [0.2, 0.25) is 0 Å². The molecule has 2 aliphatic rings. The van der Waals surface area contributed by atoms with E-state index in [0.29, 0.717) is 30.5 Å². The second-order valence-corrected chi connectivity index (χ2v) is 10.8. The van der Waals surface area contributed by atoms with Crippen molar-refractivity contribution < 1.29 is 19.0 Å². The van der Waals surface area contributed by atoms with Gasteiger partial charge in [-0.3, -0.25) is 14.9 Å². The molecular weight excluding hydrogens is 546 g/mol. The topological polar surface area (TPSA) is 130 Å². The number of hydrogen-bond donors (Lipinski definition) is 4. The monoisotopic (exact) mass is 585 g/mol. The van der Waals surface area contributed by atoms with Gasteiger partial charge in [0.15, 0.2) is 12.0 Å². The average molecular weight is 586 g/mol. The third-order valence-electron chi connectivity index (χ3n) is 7.99. The summed E-state index contributed by atoms with van der Waals surface area (Å²) in [6.45, 7) is 9.08. The Morgan fingerprint density at radius 1 is 0.977 bits per heavy atom. The number of rotatable bonds is 9. The van der Waals surface area contributed by atoms with Gasteiger partial charge in [-0.25, -0.2) is 4.79 Å². The highest BCUT2D eigenvalue weighted by atomic mass is 16.5. The molecule has 11 heteroatoms. The number of amides is 2. The molecule has 6 rings (SSSR count). The van der Waals surface area contributed by atoms with E-state index in [1.54, 1.807) is 0 Å². The zero-order chi connectivity index (χ0) is 29.6. The summed E-state index contributed by atoms with van der Waals surface area (Å²) in [7, 11) is 0. The number of benzene rings is 3. The lowest BCUT2D eigenvalue weighted by atomic mass is 10.0. The number of carbonyl (C=O) groups is 1. The number of hydrogen-bond acceptors (Lipinski definition) is 8. The molecule has 3 heterocycles. The molecule has 5 N–H and O–H groups in total. The lowest BCUT2D eigenvalue weighted by Crippen LogP contribution is -2.53. The van der Waals surface area contributed by atoms with Crippen molar-refractivity contribution in [2.75, 3.05) is 75.5 Å². The molecule has 11 nitrogen and oxygen atoms in total. The minimum atomic E-state index is -0.295. The predicted octanol–water partition coefficient (Wildman–Crippen LogP) is 4.39. The number of H-pyrrole nitrogens is 1. The number of anilines is 3. The van der Waals surface area contributed by atoms with Gasteiger partial charge in [0.1, 0.15) is 11.3 Å². The second kappa shape index (κ2) is 13.4. The number of aromatic amines is 1. The van der Waals surface area contributed by atoms with E-state index in [-0.39, 0.29) is 12.3 Å². The first-order valence-corrected chi connectivity index (χ1v) is 14.9. The minimum Gasteiger partial charge on any atom is -0.471 e. The first-order chi connectivity index (χ1) is 21.1. The lowest BCUT2D eigenvalue weighted by molar-refractivity contribution is -0.0682. The van der Waals surface area contributed by atoms with Crippen molar-refractivity contribution in [2.45, 2.75) is 19.6 Å². The van der Waals surface area contributed by atoms with Crippen LogP contribution in [0, 0.1) is 0 Å². The van der Waals surface area contributed by atoms with Gasteiger partial charge in [0, 0.05) is 44.1 Å². The molecule has 0 aliphatic carbocycles. The van der Waals surface area contributed by atoms with Crippen LogP contribution in [-0.4, -0.2) is 91.4 Å². The summed E-state index contributed by atoms with van der Waals surface area (Å²) in [6, 6.07) is 19.2. The van der Waals surface area contributed by atoms with Crippen molar-refractivity contribution in [1.29, 1.82) is 0 Å². The molecule has 0 saturated carbocycles. The molecule has 2 aliphatic heterocycles. The van der Waals surface area contributed by atoms with Crippen LogP contribution >= 0.6 is 0 Å². The maximum atomic E-state index is 12.6. The normalized spacial score (nSPS) is 17.0. The summed E-state index contributed by atoms with van der Waals surface area (Å²) in [5.74, 6) is 1.11. The predicted molar refractivity (Wildman–Crippen MR) is 168 cm³/mol. The molecule has 0 radical (unpaired) electrons. The standard InChI is InChI=1S/C32H39N7O4/c1-2-22-4-3-5-25(20-22)35-32(40)34-24-8-6-23(7-9-24)26-10-11-27(30-29(26)31(33)37-36-30)43-28(39-14-18-42-19-15-39)21-38-12-16-41-17-13-38/h3-11,20,28H,2,12-19,21H2,1H3,(H3,33,36,37)(H2,34,35,40). The van der Waals surface area contributed by atoms with Crippen LogP contribution in [0.2, 0.25) is 0 Å². The van der Waals surface area contributed by atoms with E-state index in [2.05, 4.69) is 37.6 Å². The molecule has 0 spiro atoms. The third-order valence-corrected chi connectivity index (χ3v) is 7.99. The highest BCUT2D eigenvalue weighted by Gasteiger charge is 2.27. The number of nitrogens with zero attached hydrogens (tertiary/aromatic N) is 3. The van der Waals surface area contributed by atoms with Gasteiger partial charge in [-0.15, -0.1) is 0 Å². The van der Waals surface area contributed by atoms with Crippen LogP contribution in [0.3, 0.4) is 0 Å². The largest absolute Gasteiger partial charge is 0.471 e. The smallest absolute Gasteiger partial charge is 0.323 e. The Hall–Kier alpha value is -4.16. The Labute approximate surface area is 251 Å². The van der Waals surface area contributed by atoms with Gasteiger partial charge < -0.3 is 30.6 Å². The molecule has 43 heavy (non-hydrogen) atoms. The maximum Gasteiger partial charge on any atom is 0.323 e. The Morgan fingerprint density at radius 2 is 1.70 bits per heavy atom. The van der Waals surface area contributed by atoms with Gasteiger partial charge in [-0.05, 0) is 59.5 Å². The van der Waals surface area contributed by atoms with Crippen LogP contribution in [-0.2, 0) is 15.9 Å². The molecule has 1 atom stereocenters. The highest BCUT2D eigenvalue weighted by Crippen LogP contribution is 2.37. The zero-order valence-electron chi connectivity index (χ0n) is 24.5. The van der Waals surface area contributed by atoms with Crippen LogP contribution in [0.25, 0.3) is 22.0 Å². The van der Waals surface area contributed by atoms with Crippen molar-refractivity contribution in [3.8, 4) is 16.9 Å². The van der Waals surface area contributed by atoms with Crippen LogP contribution in [0.5, 0.6) is 5.75 Å². The SMILES string of the molecule is CCc1cccc(NC(=O)Nc2ccc(-c3ccc(OC(CN4CCOCC4)N4CCOCC4)c4[nH]nc(N)c34)cc2)c1. The van der Waals surface area contributed by atoms with Crippen molar-refractivity contribution >= 4 is 34.1 Å². The number of aromatic nitrogens is 2. The summed E-state index contributed by atoms with van der Waals surface area (Å²) in [6.07, 6.45) is 0.754. The lowest BCUT2D eigenvalue weighted by Gasteiger charge is -2.38. The first kappa shape index (κ1) is 28.9. The summed E-state index contributed by atoms with van der Waals surface area (Å²) < 4.78 is 17.9.